The fraction of sp³-hybridized carbons (Fsp3) is 0.776. The maximum atomic E-state index is 15.3. The maximum absolute atomic E-state index is 15.3. The molecule has 2 fully saturated rings. The average Bonchev–Trinajstić information content (AvgIpc) is 0.959. The fourth-order valence-corrected chi connectivity index (χ4v) is 11.2. The minimum Gasteiger partial charge on any atom is -0.390 e. The van der Waals surface area contributed by atoms with Crippen LogP contribution in [-0.4, -0.2) is 227 Å². The SMILES string of the molecule is CC[C@@H]1NC(=O)[C@H]([C@H](O)[C@H](C)C/C=C(/C)C#CC2CC2)N(C)C(=O)[C@H](C(C)C)N(C)C(=O)[C@H](CC(C)C)N(C)C(=O)[C@H](CC(C)C)N(C)C(=O)[C@@H](C)NC(=O)[C@H](C)NC(=O)[C@H](CC(C)C)N(C)C(=O)[C@H](C(C)C)NC(=O)[C@H](CC(C)C)N(C)C(=O)CN(C)C1=O. The van der Waals surface area contributed by atoms with Gasteiger partial charge in [-0.05, 0) is 119 Å². The zero-order valence-electron chi connectivity index (χ0n) is 59.0. The standard InChI is InChI=1S/C67H115N11O12/c1-25-48-63(86)72(18)36-53(79)73(19)49(32-37(2)3)60(83)71-54(41(10)11)66(89)74(20)50(33-38(4)5)59(82)68-45(16)58(81)69-46(17)62(85)75(21)51(34-39(6)7)64(87)76(22)52(35-40(8)9)65(88)77(23)55(42(12)13)67(90)78(24)56(61(84)70-48)57(80)44(15)28-26-43(14)27-29-47-30-31-47/h26,37-42,44-52,54-57,80H,25,28,30-36H2,1-24H3,(H,68,82)(H,69,81)(H,70,84)(H,71,83)/b43-26-/t44-,45+,46-,48+,49+,50+,51+,52+,54+,55+,56+,57-/m1/s1. The van der Waals surface area contributed by atoms with Crippen LogP contribution in [0.2, 0.25) is 0 Å². The smallest absolute Gasteiger partial charge is 0.246 e. The third-order valence-electron chi connectivity index (χ3n) is 17.2. The van der Waals surface area contributed by atoms with E-state index in [1.807, 2.05) is 68.4 Å². The van der Waals surface area contributed by atoms with Crippen LogP contribution in [-0.2, 0) is 52.7 Å². The van der Waals surface area contributed by atoms with Gasteiger partial charge in [0, 0.05) is 55.3 Å². The first-order valence-electron chi connectivity index (χ1n) is 32.5. The van der Waals surface area contributed by atoms with E-state index in [0.29, 0.717) is 5.92 Å². The molecule has 1 aliphatic carbocycles. The largest absolute Gasteiger partial charge is 0.390 e. The molecule has 0 aromatic heterocycles. The third kappa shape index (κ3) is 22.7. The molecule has 23 nitrogen and oxygen atoms in total. The highest BCUT2D eigenvalue weighted by atomic mass is 16.3. The van der Waals surface area contributed by atoms with Crippen molar-refractivity contribution in [2.75, 3.05) is 55.9 Å². The maximum Gasteiger partial charge on any atom is 0.246 e. The Balaban J connectivity index is 2.98. The average molecular weight is 1270 g/mol. The number of amides is 11. The van der Waals surface area contributed by atoms with Crippen LogP contribution < -0.4 is 21.3 Å². The number of nitrogens with zero attached hydrogens (tertiary/aromatic N) is 7. The lowest BCUT2D eigenvalue weighted by molar-refractivity contribution is -0.157. The summed E-state index contributed by atoms with van der Waals surface area (Å²) in [6.45, 7) is 29.4. The van der Waals surface area contributed by atoms with E-state index < -0.39 is 156 Å². The van der Waals surface area contributed by atoms with E-state index in [1.54, 1.807) is 41.5 Å². The summed E-state index contributed by atoms with van der Waals surface area (Å²) in [6, 6.07) is -12.4. The molecule has 1 saturated carbocycles. The summed E-state index contributed by atoms with van der Waals surface area (Å²) in [4.78, 5) is 170. The Morgan fingerprint density at radius 1 is 0.500 bits per heavy atom. The van der Waals surface area contributed by atoms with Gasteiger partial charge in [0.15, 0.2) is 0 Å². The Kier molecular flexibility index (Phi) is 31.7. The highest BCUT2D eigenvalue weighted by molar-refractivity contribution is 5.99. The lowest BCUT2D eigenvalue weighted by Gasteiger charge is -2.41. The number of rotatable bonds is 15. The third-order valence-corrected chi connectivity index (χ3v) is 17.2. The summed E-state index contributed by atoms with van der Waals surface area (Å²) in [5.74, 6) is -3.14. The van der Waals surface area contributed by atoms with Crippen molar-refractivity contribution in [3.63, 3.8) is 0 Å². The fourth-order valence-electron chi connectivity index (χ4n) is 11.2. The lowest BCUT2D eigenvalue weighted by Crippen LogP contribution is -2.63. The number of hydrogen-bond donors (Lipinski definition) is 5. The molecule has 23 heteroatoms. The van der Waals surface area contributed by atoms with Gasteiger partial charge in [-0.15, -0.1) is 0 Å². The van der Waals surface area contributed by atoms with Gasteiger partial charge < -0.3 is 60.7 Å². The topological polar surface area (TPSA) is 279 Å². The summed E-state index contributed by atoms with van der Waals surface area (Å²) in [6.07, 6.45) is 3.24. The molecule has 12 atom stereocenters. The van der Waals surface area contributed by atoms with Gasteiger partial charge in [0.1, 0.15) is 60.4 Å². The number of aliphatic hydroxyl groups is 1. The number of carbonyl (C=O) groups excluding carboxylic acids is 11. The molecule has 0 radical (unpaired) electrons. The van der Waals surface area contributed by atoms with E-state index in [9.17, 15) is 38.7 Å². The summed E-state index contributed by atoms with van der Waals surface area (Å²) >= 11 is 0. The van der Waals surface area contributed by atoms with Gasteiger partial charge in [0.25, 0.3) is 0 Å². The van der Waals surface area contributed by atoms with Gasteiger partial charge in [-0.25, -0.2) is 0 Å². The van der Waals surface area contributed by atoms with E-state index >= 15 is 19.2 Å². The Labute approximate surface area is 538 Å². The Hall–Kier alpha value is -6.57. The zero-order chi connectivity index (χ0) is 69.3. The van der Waals surface area contributed by atoms with Gasteiger partial charge >= 0.3 is 0 Å². The summed E-state index contributed by atoms with van der Waals surface area (Å²) in [5.41, 5.74) is 0.767. The minimum atomic E-state index is -1.65. The number of carbonyl (C=O) groups is 11. The number of hydrogen-bond acceptors (Lipinski definition) is 12. The van der Waals surface area contributed by atoms with Gasteiger partial charge in [-0.2, -0.15) is 0 Å². The molecule has 510 valence electrons. The van der Waals surface area contributed by atoms with Crippen LogP contribution in [0.1, 0.15) is 169 Å². The molecule has 1 heterocycles. The van der Waals surface area contributed by atoms with Crippen LogP contribution in [0.5, 0.6) is 0 Å². The highest BCUT2D eigenvalue weighted by Gasteiger charge is 2.46. The first-order valence-corrected chi connectivity index (χ1v) is 32.5. The molecule has 90 heavy (non-hydrogen) atoms. The zero-order valence-corrected chi connectivity index (χ0v) is 59.0. The molecule has 11 amide bonds. The molecule has 0 unspecified atom stereocenters. The molecular weight excluding hydrogens is 1150 g/mol. The van der Waals surface area contributed by atoms with Gasteiger partial charge in [0.05, 0.1) is 12.6 Å². The molecule has 2 aliphatic rings. The molecule has 0 aromatic carbocycles. The van der Waals surface area contributed by atoms with Gasteiger partial charge in [-0.3, -0.25) is 52.7 Å². The molecule has 2 rings (SSSR count). The van der Waals surface area contributed by atoms with E-state index in [2.05, 4.69) is 33.1 Å². The van der Waals surface area contributed by atoms with Crippen molar-refractivity contribution in [2.24, 2.45) is 47.3 Å². The lowest BCUT2D eigenvalue weighted by atomic mass is 9.91. The molecule has 1 saturated heterocycles. The van der Waals surface area contributed by atoms with Crippen LogP contribution in [0.25, 0.3) is 0 Å². The van der Waals surface area contributed by atoms with Crippen molar-refractivity contribution in [3.8, 4) is 11.8 Å². The Morgan fingerprint density at radius 2 is 0.933 bits per heavy atom. The monoisotopic (exact) mass is 1270 g/mol. The van der Waals surface area contributed by atoms with Crippen LogP contribution in [0, 0.1) is 59.2 Å². The quantitative estimate of drug-likeness (QED) is 0.145. The second kappa shape index (κ2) is 35.9. The number of aliphatic hydroxyl groups excluding tert-OH is 1. The molecular formula is C67H115N11O12. The molecule has 0 spiro atoms. The molecule has 1 aliphatic heterocycles. The van der Waals surface area contributed by atoms with Crippen molar-refractivity contribution in [1.29, 1.82) is 0 Å². The van der Waals surface area contributed by atoms with E-state index in [0.717, 1.165) is 28.2 Å². The summed E-state index contributed by atoms with van der Waals surface area (Å²) in [5, 5.41) is 23.4. The van der Waals surface area contributed by atoms with Crippen LogP contribution >= 0.6 is 0 Å². The highest BCUT2D eigenvalue weighted by Crippen LogP contribution is 2.29. The second-order valence-corrected chi connectivity index (χ2v) is 28.0. The van der Waals surface area contributed by atoms with Crippen molar-refractivity contribution < 1.29 is 57.8 Å². The number of allylic oxidation sites excluding steroid dienone is 2. The van der Waals surface area contributed by atoms with Crippen molar-refractivity contribution in [1.82, 2.24) is 55.6 Å². The van der Waals surface area contributed by atoms with Crippen molar-refractivity contribution in [3.05, 3.63) is 11.6 Å². The van der Waals surface area contributed by atoms with Crippen molar-refractivity contribution in [2.45, 2.75) is 236 Å². The minimum absolute atomic E-state index is 0.0120. The first-order chi connectivity index (χ1) is 41.6. The molecule has 0 aromatic rings. The van der Waals surface area contributed by atoms with Gasteiger partial charge in [-0.1, -0.05) is 115 Å². The van der Waals surface area contributed by atoms with E-state index in [-0.39, 0.29) is 62.2 Å². The molecule has 5 N–H and O–H groups in total. The van der Waals surface area contributed by atoms with E-state index in [1.165, 1.54) is 87.7 Å². The predicted octanol–water partition coefficient (Wildman–Crippen LogP) is 4.05. The summed E-state index contributed by atoms with van der Waals surface area (Å²) < 4.78 is 0. The van der Waals surface area contributed by atoms with E-state index in [4.69, 9.17) is 0 Å². The number of likely N-dealkylation sites (N-methyl/N-ethyl adjacent to an activating group) is 7. The Bertz CT molecular complexity index is 2610. The van der Waals surface area contributed by atoms with Crippen LogP contribution in [0.15, 0.2) is 11.6 Å². The predicted molar refractivity (Wildman–Crippen MR) is 348 cm³/mol. The Morgan fingerprint density at radius 3 is 1.40 bits per heavy atom. The van der Waals surface area contributed by atoms with Crippen LogP contribution in [0.3, 0.4) is 0 Å². The van der Waals surface area contributed by atoms with Crippen LogP contribution in [0.4, 0.5) is 0 Å². The normalized spacial score (nSPS) is 26.9. The molecule has 0 bridgehead atoms. The number of nitrogens with one attached hydrogen (secondary N) is 4. The summed E-state index contributed by atoms with van der Waals surface area (Å²) in [7, 11) is 9.94. The first kappa shape index (κ1) is 79.5. The van der Waals surface area contributed by atoms with Gasteiger partial charge in [0.2, 0.25) is 65.0 Å². The van der Waals surface area contributed by atoms with Crippen molar-refractivity contribution >= 4 is 65.0 Å². The second-order valence-electron chi connectivity index (χ2n) is 28.0.